The van der Waals surface area contributed by atoms with Crippen LogP contribution in [0.2, 0.25) is 0 Å². The molecule has 2 aromatic carbocycles. The van der Waals surface area contributed by atoms with Gasteiger partial charge in [0, 0.05) is 18.4 Å². The molecule has 0 radical (unpaired) electrons. The summed E-state index contributed by atoms with van der Waals surface area (Å²) in [6.45, 7) is 0. The van der Waals surface area contributed by atoms with Crippen molar-refractivity contribution < 1.29 is 4.79 Å². The Kier molecular flexibility index (Phi) is 4.41. The lowest BCUT2D eigenvalue weighted by Gasteiger charge is -2.22. The number of nitrogens with zero attached hydrogens (tertiary/aromatic N) is 4. The number of fused-ring (bicyclic) bond motifs is 2. The van der Waals surface area contributed by atoms with E-state index in [1.54, 1.807) is 22.5 Å². The van der Waals surface area contributed by atoms with E-state index in [0.717, 1.165) is 17.9 Å². The van der Waals surface area contributed by atoms with Crippen molar-refractivity contribution in [1.29, 1.82) is 0 Å². The summed E-state index contributed by atoms with van der Waals surface area (Å²) >= 11 is 1.57. The molecule has 1 atom stereocenters. The fourth-order valence-corrected chi connectivity index (χ4v) is 4.39. The van der Waals surface area contributed by atoms with Crippen LogP contribution < -0.4 is 0 Å². The second-order valence-corrected chi connectivity index (χ2v) is 7.90. The maximum atomic E-state index is 12.7. The Morgan fingerprint density at radius 3 is 2.50 bits per heavy atom. The van der Waals surface area contributed by atoms with Gasteiger partial charge >= 0.3 is 0 Å². The summed E-state index contributed by atoms with van der Waals surface area (Å²) in [5.74, 6) is 1.65. The predicted molar refractivity (Wildman–Crippen MR) is 109 cm³/mol. The number of carbonyl (C=O) groups is 1. The van der Waals surface area contributed by atoms with Gasteiger partial charge in [0.05, 0.1) is 11.3 Å². The summed E-state index contributed by atoms with van der Waals surface area (Å²) in [5.41, 5.74) is 3.90. The topological polar surface area (TPSA) is 60.2 Å². The van der Waals surface area contributed by atoms with Crippen LogP contribution in [0.15, 0.2) is 72.0 Å². The van der Waals surface area contributed by atoms with Crippen molar-refractivity contribution in [1.82, 2.24) is 19.6 Å². The maximum Gasteiger partial charge on any atom is 0.253 e. The zero-order chi connectivity index (χ0) is 18.9. The van der Waals surface area contributed by atoms with Gasteiger partial charge in [-0.2, -0.15) is 4.98 Å². The van der Waals surface area contributed by atoms with Crippen LogP contribution in [0.1, 0.15) is 39.5 Å². The summed E-state index contributed by atoms with van der Waals surface area (Å²) in [6.07, 6.45) is 3.05. The van der Waals surface area contributed by atoms with Crippen molar-refractivity contribution in [2.24, 2.45) is 0 Å². The molecule has 0 aliphatic heterocycles. The smallest absolute Gasteiger partial charge is 0.253 e. The van der Waals surface area contributed by atoms with Gasteiger partial charge in [0.1, 0.15) is 0 Å². The molecule has 0 saturated carbocycles. The molecule has 0 unspecified atom stereocenters. The van der Waals surface area contributed by atoms with Crippen LogP contribution in [-0.4, -0.2) is 25.4 Å². The molecule has 4 aromatic rings. The molecular formula is C22H18N4OS. The number of hydrogen-bond donors (Lipinski definition) is 0. The average molecular weight is 386 g/mol. The third kappa shape index (κ3) is 3.31. The first kappa shape index (κ1) is 17.1. The standard InChI is InChI=1S/C22H18N4OS/c27-20-12-17(16-9-5-2-6-10-16)11-19-18(20)13-26-21(23-19)24-22(25-26)28-14-15-7-3-1-4-8-15/h1-10,13,17H,11-12,14H2/t17-/m0/s1. The van der Waals surface area contributed by atoms with Crippen LogP contribution in [0.5, 0.6) is 0 Å². The van der Waals surface area contributed by atoms with Crippen LogP contribution in [0.3, 0.4) is 0 Å². The van der Waals surface area contributed by atoms with Gasteiger partial charge in [0.15, 0.2) is 5.78 Å². The molecule has 0 spiro atoms. The number of aromatic nitrogens is 4. The first-order valence-corrected chi connectivity index (χ1v) is 10.3. The highest BCUT2D eigenvalue weighted by Gasteiger charge is 2.28. The number of ketones is 1. The Hall–Kier alpha value is -2.99. The normalized spacial score (nSPS) is 16.3. The third-order valence-corrected chi connectivity index (χ3v) is 5.95. The van der Waals surface area contributed by atoms with Gasteiger partial charge in [-0.05, 0) is 23.5 Å². The Labute approximate surface area is 166 Å². The van der Waals surface area contributed by atoms with E-state index in [1.165, 1.54) is 11.1 Å². The Morgan fingerprint density at radius 2 is 1.71 bits per heavy atom. The second-order valence-electron chi connectivity index (χ2n) is 6.95. The Balaban J connectivity index is 1.42. The van der Waals surface area contributed by atoms with Crippen LogP contribution in [0.25, 0.3) is 5.78 Å². The predicted octanol–water partition coefficient (Wildman–Crippen LogP) is 4.33. The molecule has 28 heavy (non-hydrogen) atoms. The Morgan fingerprint density at radius 1 is 0.964 bits per heavy atom. The molecule has 1 aliphatic carbocycles. The lowest BCUT2D eigenvalue weighted by molar-refractivity contribution is 0.0962. The fourth-order valence-electron chi connectivity index (χ4n) is 3.61. The Bertz CT molecular complexity index is 1140. The lowest BCUT2D eigenvalue weighted by atomic mass is 9.82. The van der Waals surface area contributed by atoms with Crippen molar-refractivity contribution in [3.63, 3.8) is 0 Å². The average Bonchev–Trinajstić information content (AvgIpc) is 3.14. The summed E-state index contributed by atoms with van der Waals surface area (Å²) < 4.78 is 1.63. The van der Waals surface area contributed by atoms with Crippen molar-refractivity contribution in [2.75, 3.05) is 0 Å². The molecular weight excluding hydrogens is 368 g/mol. The van der Waals surface area contributed by atoms with Crippen molar-refractivity contribution >= 4 is 23.3 Å². The molecule has 138 valence electrons. The van der Waals surface area contributed by atoms with Gasteiger partial charge in [-0.1, -0.05) is 72.4 Å². The number of carbonyl (C=O) groups excluding carboxylic acids is 1. The zero-order valence-corrected chi connectivity index (χ0v) is 16.0. The van der Waals surface area contributed by atoms with Crippen LogP contribution in [0.4, 0.5) is 0 Å². The van der Waals surface area contributed by atoms with Crippen LogP contribution in [0, 0.1) is 0 Å². The SMILES string of the molecule is O=C1C[C@@H](c2ccccc2)Cc2nc3nc(SCc4ccccc4)nn3cc21. The summed E-state index contributed by atoms with van der Waals surface area (Å²) in [6, 6.07) is 20.4. The van der Waals surface area contributed by atoms with Gasteiger partial charge in [0.25, 0.3) is 5.78 Å². The first-order chi connectivity index (χ1) is 13.8. The van der Waals surface area contributed by atoms with Crippen LogP contribution >= 0.6 is 11.8 Å². The summed E-state index contributed by atoms with van der Waals surface area (Å²) in [5, 5.41) is 5.17. The monoisotopic (exact) mass is 386 g/mol. The molecule has 5 rings (SSSR count). The number of thioether (sulfide) groups is 1. The fraction of sp³-hybridized carbons (Fsp3) is 0.182. The number of benzene rings is 2. The third-order valence-electron chi connectivity index (χ3n) is 5.04. The van der Waals surface area contributed by atoms with E-state index in [1.807, 2.05) is 36.4 Å². The van der Waals surface area contributed by atoms with Gasteiger partial charge in [-0.3, -0.25) is 4.79 Å². The minimum absolute atomic E-state index is 0.124. The zero-order valence-electron chi connectivity index (χ0n) is 15.2. The quantitative estimate of drug-likeness (QED) is 0.489. The van der Waals surface area contributed by atoms with Crippen LogP contribution in [-0.2, 0) is 12.2 Å². The number of hydrogen-bond acceptors (Lipinski definition) is 5. The summed E-state index contributed by atoms with van der Waals surface area (Å²) in [7, 11) is 0. The minimum Gasteiger partial charge on any atom is -0.294 e. The van der Waals surface area contributed by atoms with E-state index < -0.39 is 0 Å². The highest BCUT2D eigenvalue weighted by molar-refractivity contribution is 7.98. The van der Waals surface area contributed by atoms with Gasteiger partial charge < -0.3 is 0 Å². The van der Waals surface area contributed by atoms with E-state index >= 15 is 0 Å². The molecule has 0 saturated heterocycles. The van der Waals surface area contributed by atoms with E-state index in [9.17, 15) is 4.79 Å². The highest BCUT2D eigenvalue weighted by atomic mass is 32.2. The molecule has 0 bridgehead atoms. The second kappa shape index (κ2) is 7.20. The number of Topliss-reactive ketones (excluding diaryl/α,β-unsaturated/α-hetero) is 1. The van der Waals surface area contributed by atoms with Crippen molar-refractivity contribution in [2.45, 2.75) is 29.7 Å². The summed E-state index contributed by atoms with van der Waals surface area (Å²) in [4.78, 5) is 21.9. The van der Waals surface area contributed by atoms with Gasteiger partial charge in [0.2, 0.25) is 5.16 Å². The molecule has 2 aromatic heterocycles. The highest BCUT2D eigenvalue weighted by Crippen LogP contribution is 2.32. The molecule has 0 fully saturated rings. The van der Waals surface area contributed by atoms with E-state index in [4.69, 9.17) is 0 Å². The van der Waals surface area contributed by atoms with E-state index in [2.05, 4.69) is 39.3 Å². The van der Waals surface area contributed by atoms with Crippen molar-refractivity contribution in [3.8, 4) is 0 Å². The molecule has 2 heterocycles. The molecule has 1 aliphatic rings. The van der Waals surface area contributed by atoms with Crippen molar-refractivity contribution in [3.05, 3.63) is 89.2 Å². The van der Waals surface area contributed by atoms with Gasteiger partial charge in [-0.15, -0.1) is 5.10 Å². The van der Waals surface area contributed by atoms with E-state index in [0.29, 0.717) is 22.9 Å². The molecule has 6 heteroatoms. The first-order valence-electron chi connectivity index (χ1n) is 9.27. The molecule has 0 N–H and O–H groups in total. The minimum atomic E-state index is 0.124. The van der Waals surface area contributed by atoms with E-state index in [-0.39, 0.29) is 11.7 Å². The number of rotatable bonds is 4. The lowest BCUT2D eigenvalue weighted by Crippen LogP contribution is -2.21. The molecule has 0 amide bonds. The largest absolute Gasteiger partial charge is 0.294 e. The van der Waals surface area contributed by atoms with Gasteiger partial charge in [-0.25, -0.2) is 9.50 Å². The maximum absolute atomic E-state index is 12.7. The molecule has 5 nitrogen and oxygen atoms in total.